The molecule has 0 atom stereocenters. The SMILES string of the molecule is C=C(C)CNc1sc(C(=O)OC)c(N)c1S(=O)(=O)CC. The van der Waals surface area contributed by atoms with E-state index in [1.54, 1.807) is 6.92 Å². The fourth-order valence-electron chi connectivity index (χ4n) is 1.47. The molecular weight excluding hydrogens is 300 g/mol. The topological polar surface area (TPSA) is 98.5 Å². The van der Waals surface area contributed by atoms with E-state index in [9.17, 15) is 13.2 Å². The van der Waals surface area contributed by atoms with Gasteiger partial charge in [0.2, 0.25) is 0 Å². The minimum atomic E-state index is -3.54. The van der Waals surface area contributed by atoms with Crippen LogP contribution in [0.4, 0.5) is 10.7 Å². The molecule has 0 spiro atoms. The highest BCUT2D eigenvalue weighted by atomic mass is 32.2. The van der Waals surface area contributed by atoms with Gasteiger partial charge < -0.3 is 15.8 Å². The van der Waals surface area contributed by atoms with Crippen molar-refractivity contribution in [2.75, 3.05) is 30.5 Å². The summed E-state index contributed by atoms with van der Waals surface area (Å²) in [5.74, 6) is -0.750. The molecule has 1 heterocycles. The lowest BCUT2D eigenvalue weighted by Crippen LogP contribution is -2.11. The van der Waals surface area contributed by atoms with Crippen LogP contribution in [0.1, 0.15) is 23.5 Å². The number of hydrogen-bond donors (Lipinski definition) is 2. The normalized spacial score (nSPS) is 11.2. The predicted molar refractivity (Wildman–Crippen MR) is 81.1 cm³/mol. The Morgan fingerprint density at radius 1 is 1.50 bits per heavy atom. The Morgan fingerprint density at radius 3 is 2.55 bits per heavy atom. The number of thiophene rings is 1. The molecule has 0 fully saturated rings. The summed E-state index contributed by atoms with van der Waals surface area (Å²) >= 11 is 0.972. The summed E-state index contributed by atoms with van der Waals surface area (Å²) < 4.78 is 28.9. The van der Waals surface area contributed by atoms with E-state index in [0.29, 0.717) is 11.5 Å². The van der Waals surface area contributed by atoms with Gasteiger partial charge in [-0.15, -0.1) is 11.3 Å². The summed E-state index contributed by atoms with van der Waals surface area (Å²) in [6.45, 7) is 7.45. The average molecular weight is 318 g/mol. The van der Waals surface area contributed by atoms with Crippen molar-refractivity contribution in [3.05, 3.63) is 17.0 Å². The second-order valence-electron chi connectivity index (χ2n) is 4.21. The molecule has 3 N–H and O–H groups in total. The Morgan fingerprint density at radius 2 is 2.10 bits per heavy atom. The van der Waals surface area contributed by atoms with Gasteiger partial charge in [0.25, 0.3) is 0 Å². The molecule has 20 heavy (non-hydrogen) atoms. The van der Waals surface area contributed by atoms with Gasteiger partial charge in [-0.25, -0.2) is 13.2 Å². The fraction of sp³-hybridized carbons (Fsp3) is 0.417. The van der Waals surface area contributed by atoms with Gasteiger partial charge in [-0.2, -0.15) is 0 Å². The minimum Gasteiger partial charge on any atom is -0.465 e. The Hall–Kier alpha value is -1.54. The molecule has 6 nitrogen and oxygen atoms in total. The average Bonchev–Trinajstić information content (AvgIpc) is 2.73. The molecule has 1 rings (SSSR count). The zero-order valence-electron chi connectivity index (χ0n) is 11.6. The number of ether oxygens (including phenoxy) is 1. The Labute approximate surface area is 122 Å². The van der Waals surface area contributed by atoms with E-state index < -0.39 is 15.8 Å². The van der Waals surface area contributed by atoms with Crippen molar-refractivity contribution in [2.45, 2.75) is 18.7 Å². The molecule has 0 unspecified atom stereocenters. The van der Waals surface area contributed by atoms with Gasteiger partial charge in [-0.1, -0.05) is 19.1 Å². The number of nitrogen functional groups attached to an aromatic ring is 1. The largest absolute Gasteiger partial charge is 0.465 e. The van der Waals surface area contributed by atoms with E-state index >= 15 is 0 Å². The molecule has 1 aromatic heterocycles. The number of nitrogens with one attached hydrogen (secondary N) is 1. The third kappa shape index (κ3) is 3.31. The molecule has 0 aliphatic rings. The number of rotatable bonds is 6. The zero-order chi connectivity index (χ0) is 15.5. The van der Waals surface area contributed by atoms with Gasteiger partial charge in [0.15, 0.2) is 9.84 Å². The molecular formula is C12H18N2O4S2. The van der Waals surface area contributed by atoms with Gasteiger partial charge in [0, 0.05) is 6.54 Å². The second-order valence-corrected chi connectivity index (χ2v) is 7.44. The number of anilines is 2. The van der Waals surface area contributed by atoms with Gasteiger partial charge in [-0.3, -0.25) is 0 Å². The van der Waals surface area contributed by atoms with E-state index in [2.05, 4.69) is 16.6 Å². The maximum absolute atomic E-state index is 12.1. The van der Waals surface area contributed by atoms with Gasteiger partial charge >= 0.3 is 5.97 Å². The standard InChI is InChI=1S/C12H18N2O4S2/c1-5-20(16,17)10-8(13)9(12(15)18-4)19-11(10)14-6-7(2)3/h14H,2,5-6,13H2,1,3-4H3. The number of hydrogen-bond acceptors (Lipinski definition) is 7. The second kappa shape index (κ2) is 6.27. The number of nitrogens with two attached hydrogens (primary N) is 1. The number of methoxy groups -OCH3 is 1. The monoisotopic (exact) mass is 318 g/mol. The Balaban J connectivity index is 3.41. The molecule has 0 aromatic carbocycles. The molecule has 112 valence electrons. The summed E-state index contributed by atoms with van der Waals surface area (Å²) in [5, 5.41) is 3.29. The molecule has 0 radical (unpaired) electrons. The van der Waals surface area contributed by atoms with Crippen LogP contribution in [0.2, 0.25) is 0 Å². The Bertz CT molecular complexity index is 632. The van der Waals surface area contributed by atoms with Crippen LogP contribution in [0.25, 0.3) is 0 Å². The number of carbonyl (C=O) groups is 1. The van der Waals surface area contributed by atoms with Crippen molar-refractivity contribution < 1.29 is 17.9 Å². The van der Waals surface area contributed by atoms with E-state index in [-0.39, 0.29) is 21.2 Å². The first-order valence-corrected chi connectivity index (χ1v) is 8.33. The van der Waals surface area contributed by atoms with Crippen molar-refractivity contribution in [2.24, 2.45) is 0 Å². The summed E-state index contributed by atoms with van der Waals surface area (Å²) in [4.78, 5) is 11.7. The molecule has 8 heteroatoms. The molecule has 0 amide bonds. The first-order chi connectivity index (χ1) is 9.24. The zero-order valence-corrected chi connectivity index (χ0v) is 13.3. The molecule has 0 saturated heterocycles. The molecule has 0 aliphatic heterocycles. The van der Waals surface area contributed by atoms with Crippen LogP contribution in [0.3, 0.4) is 0 Å². The van der Waals surface area contributed by atoms with E-state index in [1.807, 2.05) is 0 Å². The van der Waals surface area contributed by atoms with Crippen molar-refractivity contribution in [3.63, 3.8) is 0 Å². The van der Waals surface area contributed by atoms with Crippen LogP contribution < -0.4 is 11.1 Å². The number of carbonyl (C=O) groups excluding carboxylic acids is 1. The van der Waals surface area contributed by atoms with E-state index in [0.717, 1.165) is 16.9 Å². The highest BCUT2D eigenvalue weighted by Gasteiger charge is 2.29. The smallest absolute Gasteiger partial charge is 0.350 e. The molecule has 0 bridgehead atoms. The van der Waals surface area contributed by atoms with Gasteiger partial charge in [0.1, 0.15) is 14.8 Å². The van der Waals surface area contributed by atoms with Gasteiger partial charge in [-0.05, 0) is 6.92 Å². The predicted octanol–water partition coefficient (Wildman–Crippen LogP) is 1.90. The van der Waals surface area contributed by atoms with Crippen LogP contribution in [0.5, 0.6) is 0 Å². The summed E-state index contributed by atoms with van der Waals surface area (Å²) in [5.41, 5.74) is 6.58. The van der Waals surface area contributed by atoms with Crippen molar-refractivity contribution in [1.82, 2.24) is 0 Å². The summed E-state index contributed by atoms with van der Waals surface area (Å²) in [7, 11) is -2.32. The lowest BCUT2D eigenvalue weighted by Gasteiger charge is -2.07. The minimum absolute atomic E-state index is 0.0355. The van der Waals surface area contributed by atoms with Crippen LogP contribution in [-0.4, -0.2) is 33.8 Å². The van der Waals surface area contributed by atoms with Crippen molar-refractivity contribution in [1.29, 1.82) is 0 Å². The maximum atomic E-state index is 12.1. The van der Waals surface area contributed by atoms with E-state index in [1.165, 1.54) is 14.0 Å². The van der Waals surface area contributed by atoms with Crippen LogP contribution in [0.15, 0.2) is 17.0 Å². The van der Waals surface area contributed by atoms with Gasteiger partial charge in [0.05, 0.1) is 18.6 Å². The highest BCUT2D eigenvalue weighted by Crippen LogP contribution is 2.40. The van der Waals surface area contributed by atoms with Crippen molar-refractivity contribution >= 4 is 37.8 Å². The molecule has 1 aromatic rings. The van der Waals surface area contributed by atoms with Crippen LogP contribution in [-0.2, 0) is 14.6 Å². The maximum Gasteiger partial charge on any atom is 0.350 e. The Kier molecular flexibility index (Phi) is 5.18. The van der Waals surface area contributed by atoms with Crippen molar-refractivity contribution in [3.8, 4) is 0 Å². The lowest BCUT2D eigenvalue weighted by atomic mass is 10.3. The fourth-order valence-corrected chi connectivity index (χ4v) is 4.05. The number of sulfone groups is 1. The van der Waals surface area contributed by atoms with Crippen LogP contribution in [0, 0.1) is 0 Å². The summed E-state index contributed by atoms with van der Waals surface area (Å²) in [6, 6.07) is 0. The lowest BCUT2D eigenvalue weighted by molar-refractivity contribution is 0.0607. The first-order valence-electron chi connectivity index (χ1n) is 5.86. The summed E-state index contributed by atoms with van der Waals surface area (Å²) in [6.07, 6.45) is 0. The quantitative estimate of drug-likeness (QED) is 0.614. The third-order valence-electron chi connectivity index (χ3n) is 2.51. The van der Waals surface area contributed by atoms with E-state index in [4.69, 9.17) is 5.73 Å². The third-order valence-corrected chi connectivity index (χ3v) is 5.59. The highest BCUT2D eigenvalue weighted by molar-refractivity contribution is 7.91. The first kappa shape index (κ1) is 16.5. The van der Waals surface area contributed by atoms with Crippen LogP contribution >= 0.6 is 11.3 Å². The molecule has 0 saturated carbocycles. The number of esters is 1. The molecule has 0 aliphatic carbocycles.